The molecule has 15 heavy (non-hydrogen) atoms. The maximum atomic E-state index is 3.40. The molecule has 0 aliphatic rings. The van der Waals surface area contributed by atoms with E-state index in [1.807, 2.05) is 0 Å². The maximum absolute atomic E-state index is 3.40. The number of likely N-dealkylation sites (N-methyl/N-ethyl adjacent to an activating group) is 1. The molecule has 3 heteroatoms. The number of benzene rings is 1. The van der Waals surface area contributed by atoms with Gasteiger partial charge in [0.1, 0.15) is 0 Å². The Balaban J connectivity index is 2.20. The van der Waals surface area contributed by atoms with E-state index >= 15 is 0 Å². The van der Waals surface area contributed by atoms with Crippen molar-refractivity contribution in [1.82, 2.24) is 10.6 Å². The zero-order chi connectivity index (χ0) is 10.9. The molecule has 1 aromatic rings. The second kappa shape index (κ2) is 7.74. The third-order valence-corrected chi connectivity index (χ3v) is 2.96. The Bertz CT molecular complexity index is 259. The van der Waals surface area contributed by atoms with Crippen LogP contribution in [0.4, 0.5) is 0 Å². The van der Waals surface area contributed by atoms with E-state index in [0.717, 1.165) is 26.2 Å². The molecule has 1 rings (SSSR count). The minimum absolute atomic E-state index is 0.958. The Morgan fingerprint density at radius 3 is 2.33 bits per heavy atom. The first-order valence-corrected chi connectivity index (χ1v) is 6.63. The van der Waals surface area contributed by atoms with Crippen LogP contribution in [0.5, 0.6) is 0 Å². The molecular formula is C12H20N2S. The number of rotatable bonds is 7. The van der Waals surface area contributed by atoms with E-state index < -0.39 is 0 Å². The maximum Gasteiger partial charge on any atom is 0.0206 e. The molecule has 0 aliphatic carbocycles. The normalized spacial score (nSPS) is 10.5. The molecule has 0 atom stereocenters. The molecule has 0 radical (unpaired) electrons. The lowest BCUT2D eigenvalue weighted by Gasteiger charge is -2.05. The quantitative estimate of drug-likeness (QED) is 0.548. The van der Waals surface area contributed by atoms with Crippen molar-refractivity contribution in [2.75, 3.05) is 25.9 Å². The van der Waals surface area contributed by atoms with Crippen molar-refractivity contribution in [2.24, 2.45) is 0 Å². The highest BCUT2D eigenvalue weighted by Crippen LogP contribution is 2.14. The van der Waals surface area contributed by atoms with Crippen molar-refractivity contribution in [3.8, 4) is 0 Å². The van der Waals surface area contributed by atoms with Crippen LogP contribution >= 0.6 is 11.8 Å². The fourth-order valence-electron chi connectivity index (χ4n) is 1.33. The molecule has 0 aromatic heterocycles. The van der Waals surface area contributed by atoms with Crippen molar-refractivity contribution in [1.29, 1.82) is 0 Å². The number of nitrogens with one attached hydrogen (secondary N) is 2. The molecule has 0 fully saturated rings. The van der Waals surface area contributed by atoms with Gasteiger partial charge >= 0.3 is 0 Å². The van der Waals surface area contributed by atoms with Gasteiger partial charge in [0.2, 0.25) is 0 Å². The fraction of sp³-hybridized carbons (Fsp3) is 0.500. The van der Waals surface area contributed by atoms with Crippen LogP contribution in [0.3, 0.4) is 0 Å². The van der Waals surface area contributed by atoms with E-state index in [4.69, 9.17) is 0 Å². The van der Waals surface area contributed by atoms with Gasteiger partial charge in [0.25, 0.3) is 0 Å². The van der Waals surface area contributed by atoms with Gasteiger partial charge in [-0.1, -0.05) is 19.1 Å². The summed E-state index contributed by atoms with van der Waals surface area (Å²) in [6.45, 7) is 6.20. The van der Waals surface area contributed by atoms with Gasteiger partial charge < -0.3 is 10.6 Å². The summed E-state index contributed by atoms with van der Waals surface area (Å²) in [4.78, 5) is 1.33. The highest BCUT2D eigenvalue weighted by atomic mass is 32.2. The van der Waals surface area contributed by atoms with E-state index in [0.29, 0.717) is 0 Å². The minimum Gasteiger partial charge on any atom is -0.316 e. The molecule has 0 bridgehead atoms. The lowest BCUT2D eigenvalue weighted by molar-refractivity contribution is 0.625. The summed E-state index contributed by atoms with van der Waals surface area (Å²) >= 11 is 1.78. The monoisotopic (exact) mass is 224 g/mol. The molecule has 0 saturated heterocycles. The molecule has 2 N–H and O–H groups in total. The SMILES string of the molecule is CCNCCNCc1ccc(SC)cc1. The molecular weight excluding hydrogens is 204 g/mol. The predicted octanol–water partition coefficient (Wildman–Crippen LogP) is 2.11. The van der Waals surface area contributed by atoms with Crippen molar-refractivity contribution in [3.63, 3.8) is 0 Å². The highest BCUT2D eigenvalue weighted by molar-refractivity contribution is 7.98. The Kier molecular flexibility index (Phi) is 6.48. The number of hydrogen-bond acceptors (Lipinski definition) is 3. The summed E-state index contributed by atoms with van der Waals surface area (Å²) in [5.41, 5.74) is 1.35. The molecule has 2 nitrogen and oxygen atoms in total. The van der Waals surface area contributed by atoms with E-state index in [1.165, 1.54) is 10.5 Å². The van der Waals surface area contributed by atoms with Crippen LogP contribution in [0.1, 0.15) is 12.5 Å². The Hall–Kier alpha value is -0.510. The van der Waals surface area contributed by atoms with Gasteiger partial charge in [0.05, 0.1) is 0 Å². The van der Waals surface area contributed by atoms with Crippen LogP contribution in [0, 0.1) is 0 Å². The van der Waals surface area contributed by atoms with Crippen LogP contribution in [-0.4, -0.2) is 25.9 Å². The Morgan fingerprint density at radius 1 is 1.07 bits per heavy atom. The van der Waals surface area contributed by atoms with Gasteiger partial charge in [-0.15, -0.1) is 11.8 Å². The van der Waals surface area contributed by atoms with Gasteiger partial charge in [-0.25, -0.2) is 0 Å². The predicted molar refractivity (Wildman–Crippen MR) is 68.5 cm³/mol. The summed E-state index contributed by atoms with van der Waals surface area (Å²) in [6.07, 6.45) is 2.10. The van der Waals surface area contributed by atoms with Crippen LogP contribution in [0.15, 0.2) is 29.2 Å². The van der Waals surface area contributed by atoms with Crippen LogP contribution in [0.25, 0.3) is 0 Å². The largest absolute Gasteiger partial charge is 0.316 e. The average Bonchev–Trinajstić information content (AvgIpc) is 2.30. The molecule has 1 aromatic carbocycles. The van der Waals surface area contributed by atoms with Crippen molar-refractivity contribution >= 4 is 11.8 Å². The summed E-state index contributed by atoms with van der Waals surface area (Å²) < 4.78 is 0. The Labute approximate surface area is 96.8 Å². The first kappa shape index (κ1) is 12.6. The molecule has 0 spiro atoms. The number of thioether (sulfide) groups is 1. The van der Waals surface area contributed by atoms with E-state index in [9.17, 15) is 0 Å². The third-order valence-electron chi connectivity index (χ3n) is 2.22. The molecule has 0 saturated carbocycles. The fourth-order valence-corrected chi connectivity index (χ4v) is 1.74. The molecule has 0 unspecified atom stereocenters. The second-order valence-corrected chi connectivity index (χ2v) is 4.26. The Morgan fingerprint density at radius 2 is 1.73 bits per heavy atom. The summed E-state index contributed by atoms with van der Waals surface area (Å²) in [6, 6.07) is 8.72. The third kappa shape index (κ3) is 5.21. The summed E-state index contributed by atoms with van der Waals surface area (Å²) in [5, 5.41) is 6.69. The summed E-state index contributed by atoms with van der Waals surface area (Å²) in [5.74, 6) is 0. The lowest BCUT2D eigenvalue weighted by Crippen LogP contribution is -2.26. The van der Waals surface area contributed by atoms with E-state index in [1.54, 1.807) is 11.8 Å². The average molecular weight is 224 g/mol. The van der Waals surface area contributed by atoms with Gasteiger partial charge in [0, 0.05) is 24.5 Å². The van der Waals surface area contributed by atoms with E-state index in [-0.39, 0.29) is 0 Å². The minimum atomic E-state index is 0.958. The van der Waals surface area contributed by atoms with Crippen molar-refractivity contribution in [2.45, 2.75) is 18.4 Å². The molecule has 0 aliphatic heterocycles. The van der Waals surface area contributed by atoms with Gasteiger partial charge in [-0.05, 0) is 30.5 Å². The highest BCUT2D eigenvalue weighted by Gasteiger charge is 1.93. The molecule has 0 heterocycles. The van der Waals surface area contributed by atoms with Crippen molar-refractivity contribution < 1.29 is 0 Å². The first-order chi connectivity index (χ1) is 7.36. The zero-order valence-corrected chi connectivity index (χ0v) is 10.4. The topological polar surface area (TPSA) is 24.1 Å². The standard InChI is InChI=1S/C12H20N2S/c1-3-13-8-9-14-10-11-4-6-12(15-2)7-5-11/h4-7,13-14H,3,8-10H2,1-2H3. The molecule has 84 valence electrons. The second-order valence-electron chi connectivity index (χ2n) is 3.38. The number of hydrogen-bond donors (Lipinski definition) is 2. The van der Waals surface area contributed by atoms with Crippen molar-refractivity contribution in [3.05, 3.63) is 29.8 Å². The van der Waals surface area contributed by atoms with Gasteiger partial charge in [0.15, 0.2) is 0 Å². The molecule has 0 amide bonds. The summed E-state index contributed by atoms with van der Waals surface area (Å²) in [7, 11) is 0. The zero-order valence-electron chi connectivity index (χ0n) is 9.55. The van der Waals surface area contributed by atoms with Gasteiger partial charge in [-0.3, -0.25) is 0 Å². The van der Waals surface area contributed by atoms with E-state index in [2.05, 4.69) is 48.1 Å². The van der Waals surface area contributed by atoms with Crippen LogP contribution in [0.2, 0.25) is 0 Å². The van der Waals surface area contributed by atoms with Crippen LogP contribution < -0.4 is 10.6 Å². The lowest BCUT2D eigenvalue weighted by atomic mass is 10.2. The first-order valence-electron chi connectivity index (χ1n) is 5.41. The van der Waals surface area contributed by atoms with Crippen LogP contribution in [-0.2, 0) is 6.54 Å². The smallest absolute Gasteiger partial charge is 0.0206 e. The van der Waals surface area contributed by atoms with Gasteiger partial charge in [-0.2, -0.15) is 0 Å².